The van der Waals surface area contributed by atoms with Crippen molar-refractivity contribution in [2.45, 2.75) is 25.4 Å². The molecule has 3 heteroatoms. The monoisotopic (exact) mass is 286 g/mol. The number of rotatable bonds is 6. The first-order valence-corrected chi connectivity index (χ1v) is 7.15. The van der Waals surface area contributed by atoms with Crippen LogP contribution in [0.3, 0.4) is 0 Å². The zero-order valence-corrected chi connectivity index (χ0v) is 12.8. The molecule has 1 N–H and O–H groups in total. The summed E-state index contributed by atoms with van der Waals surface area (Å²) in [7, 11) is 3.22. The number of benzene rings is 2. The van der Waals surface area contributed by atoms with Gasteiger partial charge in [0.25, 0.3) is 0 Å². The average Bonchev–Trinajstić information content (AvgIpc) is 2.55. The molecule has 112 valence electrons. The molecular formula is C18H22O3. The van der Waals surface area contributed by atoms with Crippen molar-refractivity contribution in [1.82, 2.24) is 0 Å². The number of aliphatic hydroxyl groups is 1. The van der Waals surface area contributed by atoms with E-state index in [-0.39, 0.29) is 0 Å². The van der Waals surface area contributed by atoms with Crippen LogP contribution in [0.15, 0.2) is 48.5 Å². The van der Waals surface area contributed by atoms with E-state index in [1.165, 1.54) is 0 Å². The van der Waals surface area contributed by atoms with Gasteiger partial charge in [-0.1, -0.05) is 43.7 Å². The normalized spacial score (nSPS) is 13.5. The SMILES string of the molecule is CCCC(O)(c1ccccc1)c1cc(OC)cc(OC)c1. The van der Waals surface area contributed by atoms with Gasteiger partial charge in [0.2, 0.25) is 0 Å². The first-order valence-electron chi connectivity index (χ1n) is 7.15. The highest BCUT2D eigenvalue weighted by Crippen LogP contribution is 2.37. The lowest BCUT2D eigenvalue weighted by molar-refractivity contribution is 0.0697. The Labute approximate surface area is 126 Å². The fraction of sp³-hybridized carbons (Fsp3) is 0.333. The summed E-state index contributed by atoms with van der Waals surface area (Å²) in [6.45, 7) is 2.06. The van der Waals surface area contributed by atoms with Gasteiger partial charge in [0.1, 0.15) is 17.1 Å². The number of ether oxygens (including phenoxy) is 2. The molecule has 2 aromatic carbocycles. The molecule has 0 heterocycles. The summed E-state index contributed by atoms with van der Waals surface area (Å²) in [5.74, 6) is 1.35. The van der Waals surface area contributed by atoms with Crippen molar-refractivity contribution in [3.63, 3.8) is 0 Å². The van der Waals surface area contributed by atoms with Crippen LogP contribution < -0.4 is 9.47 Å². The van der Waals surface area contributed by atoms with Gasteiger partial charge >= 0.3 is 0 Å². The largest absolute Gasteiger partial charge is 0.497 e. The fourth-order valence-corrected chi connectivity index (χ4v) is 2.58. The Balaban J connectivity index is 2.57. The highest BCUT2D eigenvalue weighted by atomic mass is 16.5. The maximum atomic E-state index is 11.3. The Morgan fingerprint density at radius 2 is 1.48 bits per heavy atom. The van der Waals surface area contributed by atoms with Crippen LogP contribution in [0, 0.1) is 0 Å². The van der Waals surface area contributed by atoms with Crippen molar-refractivity contribution in [2.75, 3.05) is 14.2 Å². The molecule has 0 aliphatic heterocycles. The number of hydrogen-bond acceptors (Lipinski definition) is 3. The predicted molar refractivity (Wildman–Crippen MR) is 83.9 cm³/mol. The van der Waals surface area contributed by atoms with E-state index >= 15 is 0 Å². The summed E-state index contributed by atoms with van der Waals surface area (Å²) in [5.41, 5.74) is 0.617. The Morgan fingerprint density at radius 1 is 0.905 bits per heavy atom. The van der Waals surface area contributed by atoms with Gasteiger partial charge in [-0.15, -0.1) is 0 Å². The molecule has 0 bridgehead atoms. The molecule has 2 aromatic rings. The van der Waals surface area contributed by atoms with Crippen molar-refractivity contribution < 1.29 is 14.6 Å². The molecule has 3 nitrogen and oxygen atoms in total. The van der Waals surface area contributed by atoms with Crippen molar-refractivity contribution in [1.29, 1.82) is 0 Å². The first-order chi connectivity index (χ1) is 10.1. The van der Waals surface area contributed by atoms with Crippen LogP contribution in [0.25, 0.3) is 0 Å². The van der Waals surface area contributed by atoms with Gasteiger partial charge in [-0.2, -0.15) is 0 Å². The summed E-state index contributed by atoms with van der Waals surface area (Å²) < 4.78 is 10.6. The van der Waals surface area contributed by atoms with Gasteiger partial charge in [-0.25, -0.2) is 0 Å². The molecule has 0 spiro atoms. The van der Waals surface area contributed by atoms with Gasteiger partial charge in [-0.3, -0.25) is 0 Å². The van der Waals surface area contributed by atoms with Crippen LogP contribution in [-0.2, 0) is 5.60 Å². The lowest BCUT2D eigenvalue weighted by atomic mass is 9.82. The van der Waals surface area contributed by atoms with Crippen LogP contribution in [0.4, 0.5) is 0 Å². The maximum Gasteiger partial charge on any atom is 0.122 e. The highest BCUT2D eigenvalue weighted by Gasteiger charge is 2.31. The zero-order valence-electron chi connectivity index (χ0n) is 12.8. The summed E-state index contributed by atoms with van der Waals surface area (Å²) in [4.78, 5) is 0. The minimum absolute atomic E-state index is 0.632. The highest BCUT2D eigenvalue weighted by molar-refractivity contribution is 5.45. The molecule has 0 aliphatic rings. The van der Waals surface area contributed by atoms with Gasteiger partial charge in [-0.05, 0) is 29.7 Å². The van der Waals surface area contributed by atoms with Crippen LogP contribution >= 0.6 is 0 Å². The van der Waals surface area contributed by atoms with Crippen LogP contribution in [0.2, 0.25) is 0 Å². The minimum Gasteiger partial charge on any atom is -0.497 e. The van der Waals surface area contributed by atoms with Crippen LogP contribution in [0.5, 0.6) is 11.5 Å². The van der Waals surface area contributed by atoms with E-state index in [4.69, 9.17) is 9.47 Å². The van der Waals surface area contributed by atoms with E-state index in [2.05, 4.69) is 6.92 Å². The number of methoxy groups -OCH3 is 2. The van der Waals surface area contributed by atoms with Gasteiger partial charge in [0, 0.05) is 6.07 Å². The molecule has 1 unspecified atom stereocenters. The average molecular weight is 286 g/mol. The lowest BCUT2D eigenvalue weighted by Crippen LogP contribution is -2.27. The van der Waals surface area contributed by atoms with Crippen LogP contribution in [0.1, 0.15) is 30.9 Å². The van der Waals surface area contributed by atoms with Gasteiger partial charge in [0.15, 0.2) is 0 Å². The summed E-state index contributed by atoms with van der Waals surface area (Å²) in [6.07, 6.45) is 1.50. The van der Waals surface area contributed by atoms with Gasteiger partial charge < -0.3 is 14.6 Å². The molecule has 21 heavy (non-hydrogen) atoms. The Morgan fingerprint density at radius 3 is 1.95 bits per heavy atom. The molecule has 0 saturated carbocycles. The van der Waals surface area contributed by atoms with Crippen molar-refractivity contribution >= 4 is 0 Å². The second kappa shape index (κ2) is 6.64. The van der Waals surface area contributed by atoms with Crippen molar-refractivity contribution in [2.24, 2.45) is 0 Å². The molecular weight excluding hydrogens is 264 g/mol. The van der Waals surface area contributed by atoms with Gasteiger partial charge in [0.05, 0.1) is 14.2 Å². The third-order valence-electron chi connectivity index (χ3n) is 3.69. The summed E-state index contributed by atoms with van der Waals surface area (Å²) in [5, 5.41) is 11.3. The second-order valence-electron chi connectivity index (χ2n) is 5.08. The Bertz CT molecular complexity index is 558. The van der Waals surface area contributed by atoms with Crippen LogP contribution in [-0.4, -0.2) is 19.3 Å². The standard InChI is InChI=1S/C18H22O3/c1-4-10-18(19,14-8-6-5-7-9-14)15-11-16(20-2)13-17(12-15)21-3/h5-9,11-13,19H,4,10H2,1-3H3. The molecule has 0 aliphatic carbocycles. The molecule has 0 fully saturated rings. The molecule has 2 rings (SSSR count). The van der Waals surface area contributed by atoms with E-state index in [1.54, 1.807) is 20.3 Å². The zero-order chi connectivity index (χ0) is 15.3. The quantitative estimate of drug-likeness (QED) is 0.879. The first kappa shape index (κ1) is 15.4. The Hall–Kier alpha value is -2.00. The van der Waals surface area contributed by atoms with Crippen molar-refractivity contribution in [3.05, 3.63) is 59.7 Å². The third kappa shape index (κ3) is 3.19. The molecule has 1 atom stereocenters. The van der Waals surface area contributed by atoms with E-state index < -0.39 is 5.60 Å². The third-order valence-corrected chi connectivity index (χ3v) is 3.69. The lowest BCUT2D eigenvalue weighted by Gasteiger charge is -2.29. The van der Waals surface area contributed by atoms with E-state index in [9.17, 15) is 5.11 Å². The number of hydrogen-bond donors (Lipinski definition) is 1. The maximum absolute atomic E-state index is 11.3. The van der Waals surface area contributed by atoms with E-state index in [0.29, 0.717) is 17.9 Å². The predicted octanol–water partition coefficient (Wildman–Crippen LogP) is 3.74. The summed E-state index contributed by atoms with van der Waals surface area (Å²) in [6, 6.07) is 15.3. The van der Waals surface area contributed by atoms with E-state index in [0.717, 1.165) is 17.5 Å². The molecule has 0 amide bonds. The topological polar surface area (TPSA) is 38.7 Å². The van der Waals surface area contributed by atoms with E-state index in [1.807, 2.05) is 42.5 Å². The summed E-state index contributed by atoms with van der Waals surface area (Å²) >= 11 is 0. The molecule has 0 saturated heterocycles. The van der Waals surface area contributed by atoms with Crippen molar-refractivity contribution in [3.8, 4) is 11.5 Å². The Kier molecular flexibility index (Phi) is 4.86. The molecule has 0 aromatic heterocycles. The fourth-order valence-electron chi connectivity index (χ4n) is 2.58. The minimum atomic E-state index is -1.04. The smallest absolute Gasteiger partial charge is 0.122 e. The second-order valence-corrected chi connectivity index (χ2v) is 5.08. The molecule has 0 radical (unpaired) electrons.